The van der Waals surface area contributed by atoms with Crippen LogP contribution in [0.15, 0.2) is 41.2 Å². The van der Waals surface area contributed by atoms with Gasteiger partial charge in [0.15, 0.2) is 5.43 Å². The van der Waals surface area contributed by atoms with E-state index >= 15 is 0 Å². The van der Waals surface area contributed by atoms with Crippen LogP contribution in [0.3, 0.4) is 0 Å². The lowest BCUT2D eigenvalue weighted by Gasteiger charge is -2.09. The summed E-state index contributed by atoms with van der Waals surface area (Å²) >= 11 is 0. The minimum absolute atomic E-state index is 0.0598. The second-order valence-corrected chi connectivity index (χ2v) is 4.48. The van der Waals surface area contributed by atoms with Crippen LogP contribution in [0.5, 0.6) is 0 Å². The Hall–Kier alpha value is -3.10. The van der Waals surface area contributed by atoms with Gasteiger partial charge in [0.2, 0.25) is 0 Å². The number of carboxylic acid groups (broad SMARTS) is 1. The van der Waals surface area contributed by atoms with Crippen LogP contribution in [-0.2, 0) is 6.18 Å². The van der Waals surface area contributed by atoms with Gasteiger partial charge < -0.3 is 15.4 Å². The van der Waals surface area contributed by atoms with Crippen molar-refractivity contribution < 1.29 is 27.9 Å². The Labute approximate surface area is 126 Å². The van der Waals surface area contributed by atoms with Gasteiger partial charge in [-0.25, -0.2) is 4.79 Å². The number of alkyl halides is 3. The molecule has 0 bridgehead atoms. The number of rotatable bonds is 3. The molecule has 0 saturated carbocycles. The number of carbonyl (C=O) groups excluding carboxylic acids is 1. The number of aromatic nitrogens is 1. The Morgan fingerprint density at radius 3 is 2.13 bits per heavy atom. The molecule has 0 radical (unpaired) electrons. The smallest absolute Gasteiger partial charge is 0.416 e. The minimum atomic E-state index is -4.50. The van der Waals surface area contributed by atoms with Gasteiger partial charge in [-0.15, -0.1) is 0 Å². The zero-order valence-electron chi connectivity index (χ0n) is 11.3. The third-order valence-electron chi connectivity index (χ3n) is 2.79. The lowest BCUT2D eigenvalue weighted by molar-refractivity contribution is -0.137. The number of nitrogens with one attached hydrogen (secondary N) is 2. The number of aromatic amines is 1. The zero-order valence-corrected chi connectivity index (χ0v) is 11.3. The molecule has 3 N–H and O–H groups in total. The normalized spacial score (nSPS) is 11.1. The fourth-order valence-electron chi connectivity index (χ4n) is 1.72. The van der Waals surface area contributed by atoms with Gasteiger partial charge in [-0.2, -0.15) is 13.2 Å². The molecule has 2 aromatic rings. The Morgan fingerprint density at radius 2 is 1.61 bits per heavy atom. The third-order valence-corrected chi connectivity index (χ3v) is 2.79. The third kappa shape index (κ3) is 3.96. The van der Waals surface area contributed by atoms with E-state index in [-0.39, 0.29) is 11.4 Å². The highest BCUT2D eigenvalue weighted by Gasteiger charge is 2.30. The lowest BCUT2D eigenvalue weighted by atomic mass is 10.2. The molecule has 23 heavy (non-hydrogen) atoms. The standard InChI is InChI=1S/C14H9F3N2O4/c15-14(16,17)7-1-3-8(4-2-7)18-12(21)10-5-9(20)6-11(19-10)13(22)23/h1-6H,(H,18,21)(H,19,20)(H,22,23). The van der Waals surface area contributed by atoms with E-state index in [1.54, 1.807) is 0 Å². The van der Waals surface area contributed by atoms with Crippen molar-refractivity contribution in [3.63, 3.8) is 0 Å². The molecular weight excluding hydrogens is 317 g/mol. The molecule has 1 heterocycles. The summed E-state index contributed by atoms with van der Waals surface area (Å²) in [5, 5.41) is 11.1. The first-order valence-corrected chi connectivity index (χ1v) is 6.13. The first kappa shape index (κ1) is 16.3. The molecule has 0 atom stereocenters. The summed E-state index contributed by atoms with van der Waals surface area (Å²) in [6.07, 6.45) is -4.50. The van der Waals surface area contributed by atoms with Gasteiger partial charge >= 0.3 is 12.1 Å². The van der Waals surface area contributed by atoms with E-state index in [2.05, 4.69) is 10.3 Å². The molecule has 1 aromatic heterocycles. The van der Waals surface area contributed by atoms with Crippen LogP contribution in [0.4, 0.5) is 18.9 Å². The number of aromatic carboxylic acids is 1. The predicted molar refractivity (Wildman–Crippen MR) is 73.4 cm³/mol. The molecular formula is C14H9F3N2O4. The van der Waals surface area contributed by atoms with E-state index < -0.39 is 34.7 Å². The number of carboxylic acids is 1. The summed E-state index contributed by atoms with van der Waals surface area (Å²) in [5.41, 5.74) is -2.31. The first-order valence-electron chi connectivity index (χ1n) is 6.13. The van der Waals surface area contributed by atoms with Crippen molar-refractivity contribution in [2.24, 2.45) is 0 Å². The van der Waals surface area contributed by atoms with Gasteiger partial charge in [0, 0.05) is 17.8 Å². The summed E-state index contributed by atoms with van der Waals surface area (Å²) in [4.78, 5) is 36.3. The van der Waals surface area contributed by atoms with E-state index in [1.165, 1.54) is 0 Å². The van der Waals surface area contributed by atoms with E-state index in [0.29, 0.717) is 0 Å². The summed E-state index contributed by atoms with van der Waals surface area (Å²) in [6.45, 7) is 0. The Kier molecular flexibility index (Phi) is 4.21. The Bertz CT molecular complexity index is 810. The minimum Gasteiger partial charge on any atom is -0.477 e. The van der Waals surface area contributed by atoms with Crippen molar-refractivity contribution in [3.8, 4) is 0 Å². The highest BCUT2D eigenvalue weighted by atomic mass is 19.4. The molecule has 0 aliphatic heterocycles. The van der Waals surface area contributed by atoms with Gasteiger partial charge in [-0.1, -0.05) is 0 Å². The SMILES string of the molecule is O=C(O)c1cc(=O)cc(C(=O)Nc2ccc(C(F)(F)F)cc2)[nH]1. The van der Waals surface area contributed by atoms with Crippen molar-refractivity contribution in [2.75, 3.05) is 5.32 Å². The molecule has 6 nitrogen and oxygen atoms in total. The topological polar surface area (TPSA) is 99.3 Å². The molecule has 0 fully saturated rings. The van der Waals surface area contributed by atoms with Crippen LogP contribution in [0.25, 0.3) is 0 Å². The highest BCUT2D eigenvalue weighted by Crippen LogP contribution is 2.29. The number of H-pyrrole nitrogens is 1. The van der Waals surface area contributed by atoms with Crippen LogP contribution in [-0.4, -0.2) is 22.0 Å². The zero-order chi connectivity index (χ0) is 17.2. The number of hydrogen-bond donors (Lipinski definition) is 3. The van der Waals surface area contributed by atoms with Crippen molar-refractivity contribution in [2.45, 2.75) is 6.18 Å². The average Bonchev–Trinajstić information content (AvgIpc) is 2.46. The second-order valence-electron chi connectivity index (χ2n) is 4.48. The molecule has 1 amide bonds. The summed E-state index contributed by atoms with van der Waals surface area (Å²) in [6, 6.07) is 5.33. The second kappa shape index (κ2) is 5.95. The number of halogens is 3. The molecule has 0 aliphatic carbocycles. The van der Waals surface area contributed by atoms with Gasteiger partial charge in [-0.05, 0) is 24.3 Å². The first-order chi connectivity index (χ1) is 10.7. The maximum atomic E-state index is 12.4. The van der Waals surface area contributed by atoms with Crippen LogP contribution in [0, 0.1) is 0 Å². The number of amides is 1. The highest BCUT2D eigenvalue weighted by molar-refractivity contribution is 6.03. The van der Waals surface area contributed by atoms with Crippen LogP contribution in [0.2, 0.25) is 0 Å². The monoisotopic (exact) mass is 326 g/mol. The lowest BCUT2D eigenvalue weighted by Crippen LogP contribution is -2.19. The predicted octanol–water partition coefficient (Wildman–Crippen LogP) is 2.34. The molecule has 0 saturated heterocycles. The maximum Gasteiger partial charge on any atom is 0.416 e. The van der Waals surface area contributed by atoms with E-state index in [9.17, 15) is 27.6 Å². The van der Waals surface area contributed by atoms with Crippen molar-refractivity contribution >= 4 is 17.6 Å². The van der Waals surface area contributed by atoms with Gasteiger partial charge in [-0.3, -0.25) is 9.59 Å². The maximum absolute atomic E-state index is 12.4. The number of anilines is 1. The van der Waals surface area contributed by atoms with Gasteiger partial charge in [0.05, 0.1) is 5.56 Å². The molecule has 2 rings (SSSR count). The Morgan fingerprint density at radius 1 is 1.04 bits per heavy atom. The fraction of sp³-hybridized carbons (Fsp3) is 0.0714. The number of pyridine rings is 1. The molecule has 9 heteroatoms. The largest absolute Gasteiger partial charge is 0.477 e. The molecule has 0 spiro atoms. The number of benzene rings is 1. The molecule has 1 aromatic carbocycles. The molecule has 0 aliphatic rings. The van der Waals surface area contributed by atoms with E-state index in [1.807, 2.05) is 0 Å². The Balaban J connectivity index is 2.22. The quantitative estimate of drug-likeness (QED) is 0.806. The van der Waals surface area contributed by atoms with E-state index in [4.69, 9.17) is 5.11 Å². The molecule has 0 unspecified atom stereocenters. The van der Waals surface area contributed by atoms with Crippen molar-refractivity contribution in [1.82, 2.24) is 4.98 Å². The van der Waals surface area contributed by atoms with Crippen LogP contribution < -0.4 is 10.7 Å². The summed E-state index contributed by atoms with van der Waals surface area (Å²) in [7, 11) is 0. The van der Waals surface area contributed by atoms with Crippen molar-refractivity contribution in [1.29, 1.82) is 0 Å². The van der Waals surface area contributed by atoms with E-state index in [0.717, 1.165) is 36.4 Å². The number of hydrogen-bond acceptors (Lipinski definition) is 3. The fourth-order valence-corrected chi connectivity index (χ4v) is 1.72. The van der Waals surface area contributed by atoms with Crippen LogP contribution >= 0.6 is 0 Å². The van der Waals surface area contributed by atoms with Gasteiger partial charge in [0.25, 0.3) is 5.91 Å². The van der Waals surface area contributed by atoms with Crippen molar-refractivity contribution in [3.05, 3.63) is 63.6 Å². The van der Waals surface area contributed by atoms with Gasteiger partial charge in [0.1, 0.15) is 11.4 Å². The molecule has 120 valence electrons. The number of carbonyl (C=O) groups is 2. The average molecular weight is 326 g/mol. The summed E-state index contributed by atoms with van der Waals surface area (Å²) in [5.74, 6) is -2.28. The summed E-state index contributed by atoms with van der Waals surface area (Å²) < 4.78 is 37.3. The van der Waals surface area contributed by atoms with Crippen LogP contribution in [0.1, 0.15) is 26.5 Å².